The number of fused-ring (bicyclic) bond motifs is 3. The van der Waals surface area contributed by atoms with Crippen molar-refractivity contribution in [3.05, 3.63) is 72.3 Å². The van der Waals surface area contributed by atoms with E-state index in [1.807, 2.05) is 81.4 Å². The SMILES string of the molecule is CC(C)(C)C[C@H](NC(=O)[C@@H](Nc1ccc2ccccc2c1)C1CC1)C(=O)N1C[C@]2(C[C@H]1C#N)C(=O)Nc1ccccc12. The Morgan fingerprint density at radius 1 is 1.07 bits per heavy atom. The number of hydrogen-bond acceptors (Lipinski definition) is 5. The Morgan fingerprint density at radius 3 is 2.50 bits per heavy atom. The number of nitriles is 1. The highest BCUT2D eigenvalue weighted by atomic mass is 16.2. The summed E-state index contributed by atoms with van der Waals surface area (Å²) in [5.74, 6) is -0.551. The first-order chi connectivity index (χ1) is 20.1. The van der Waals surface area contributed by atoms with Gasteiger partial charge >= 0.3 is 0 Å². The van der Waals surface area contributed by atoms with Crippen LogP contribution in [0.3, 0.4) is 0 Å². The zero-order chi connectivity index (χ0) is 29.6. The number of nitrogens with one attached hydrogen (secondary N) is 3. The van der Waals surface area contributed by atoms with Gasteiger partial charge in [-0.15, -0.1) is 0 Å². The minimum atomic E-state index is -0.975. The lowest BCUT2D eigenvalue weighted by molar-refractivity contribution is -0.138. The van der Waals surface area contributed by atoms with Crippen molar-refractivity contribution < 1.29 is 14.4 Å². The Balaban J connectivity index is 1.25. The highest BCUT2D eigenvalue weighted by Gasteiger charge is 2.56. The van der Waals surface area contributed by atoms with Gasteiger partial charge in [-0.3, -0.25) is 14.4 Å². The number of amides is 3. The maximum atomic E-state index is 14.2. The van der Waals surface area contributed by atoms with E-state index in [-0.39, 0.29) is 42.0 Å². The van der Waals surface area contributed by atoms with Gasteiger partial charge in [-0.2, -0.15) is 5.26 Å². The molecule has 42 heavy (non-hydrogen) atoms. The third-order valence-corrected chi connectivity index (χ3v) is 8.79. The van der Waals surface area contributed by atoms with Gasteiger partial charge in [-0.25, -0.2) is 0 Å². The molecule has 3 aromatic carbocycles. The number of carbonyl (C=O) groups is 3. The third-order valence-electron chi connectivity index (χ3n) is 8.79. The standard InChI is InChI=1S/C34H37N5O3/c1-33(2,3)18-28(31(41)39-20-34(17-25(39)19-35)26-10-6-7-11-27(26)38-32(34)42)37-30(40)29(22-12-13-22)36-24-15-14-21-8-4-5-9-23(21)16-24/h4-11,14-16,22,25,28-29,36H,12-13,17-18,20H2,1-3H3,(H,37,40)(H,38,42)/t25-,28-,29-,34-/m0/s1. The fraction of sp³-hybridized carbons (Fsp3) is 0.412. The van der Waals surface area contributed by atoms with E-state index in [1.54, 1.807) is 0 Å². The van der Waals surface area contributed by atoms with Crippen molar-refractivity contribution in [2.75, 3.05) is 17.2 Å². The van der Waals surface area contributed by atoms with E-state index in [0.717, 1.165) is 40.6 Å². The van der Waals surface area contributed by atoms with Crippen LogP contribution in [0.15, 0.2) is 66.7 Å². The van der Waals surface area contributed by atoms with Crippen molar-refractivity contribution >= 4 is 39.9 Å². The summed E-state index contributed by atoms with van der Waals surface area (Å²) >= 11 is 0. The van der Waals surface area contributed by atoms with E-state index in [2.05, 4.69) is 28.1 Å². The van der Waals surface area contributed by atoms with Crippen LogP contribution in [0.4, 0.5) is 11.4 Å². The molecular formula is C34H37N5O3. The molecule has 3 aliphatic rings. The summed E-state index contributed by atoms with van der Waals surface area (Å²) in [7, 11) is 0. The molecule has 4 atom stereocenters. The molecule has 0 radical (unpaired) electrons. The van der Waals surface area contributed by atoms with Crippen molar-refractivity contribution in [3.63, 3.8) is 0 Å². The van der Waals surface area contributed by atoms with Gasteiger partial charge in [-0.1, -0.05) is 69.3 Å². The molecule has 3 amide bonds. The Labute approximate surface area is 246 Å². The monoisotopic (exact) mass is 563 g/mol. The Kier molecular flexibility index (Phi) is 6.92. The van der Waals surface area contributed by atoms with E-state index in [0.29, 0.717) is 6.42 Å². The molecule has 1 saturated carbocycles. The van der Waals surface area contributed by atoms with Gasteiger partial charge in [-0.05, 0) is 65.1 Å². The lowest BCUT2D eigenvalue weighted by Crippen LogP contribution is -2.55. The van der Waals surface area contributed by atoms with E-state index in [1.165, 1.54) is 4.90 Å². The zero-order valence-electron chi connectivity index (χ0n) is 24.3. The molecule has 2 aliphatic heterocycles. The van der Waals surface area contributed by atoms with Crippen LogP contribution in [0.5, 0.6) is 0 Å². The quantitative estimate of drug-likeness (QED) is 0.376. The molecule has 2 fully saturated rings. The maximum Gasteiger partial charge on any atom is 0.246 e. The van der Waals surface area contributed by atoms with Crippen molar-refractivity contribution in [1.82, 2.24) is 10.2 Å². The zero-order valence-corrected chi connectivity index (χ0v) is 24.3. The molecule has 8 nitrogen and oxygen atoms in total. The van der Waals surface area contributed by atoms with Crippen LogP contribution in [-0.2, 0) is 19.8 Å². The molecule has 1 aliphatic carbocycles. The lowest BCUT2D eigenvalue weighted by Gasteiger charge is -2.32. The third kappa shape index (κ3) is 5.20. The number of likely N-dealkylation sites (tertiary alicyclic amines) is 1. The summed E-state index contributed by atoms with van der Waals surface area (Å²) in [5.41, 5.74) is 1.15. The molecule has 216 valence electrons. The summed E-state index contributed by atoms with van der Waals surface area (Å²) in [6.07, 6.45) is 2.50. The molecule has 2 heterocycles. The largest absolute Gasteiger partial charge is 0.373 e. The van der Waals surface area contributed by atoms with Crippen LogP contribution >= 0.6 is 0 Å². The number of hydrogen-bond donors (Lipinski definition) is 3. The number of rotatable bonds is 7. The summed E-state index contributed by atoms with van der Waals surface area (Å²) in [4.78, 5) is 42.8. The molecule has 0 bridgehead atoms. The van der Waals surface area contributed by atoms with Gasteiger partial charge in [0.1, 0.15) is 18.1 Å². The molecule has 0 unspecified atom stereocenters. The second kappa shape index (κ2) is 10.5. The first-order valence-electron chi connectivity index (χ1n) is 14.7. The van der Waals surface area contributed by atoms with Crippen LogP contribution in [0.1, 0.15) is 52.0 Å². The first kappa shape index (κ1) is 27.8. The van der Waals surface area contributed by atoms with Gasteiger partial charge in [0.2, 0.25) is 17.7 Å². The average molecular weight is 564 g/mol. The number of anilines is 2. The Bertz CT molecular complexity index is 1600. The first-order valence-corrected chi connectivity index (χ1v) is 14.7. The second-order valence-electron chi connectivity index (χ2n) is 13.2. The fourth-order valence-electron chi connectivity index (χ4n) is 6.55. The van der Waals surface area contributed by atoms with E-state index in [4.69, 9.17) is 0 Å². The van der Waals surface area contributed by atoms with Crippen molar-refractivity contribution in [1.29, 1.82) is 5.26 Å². The molecule has 1 saturated heterocycles. The minimum Gasteiger partial charge on any atom is -0.373 e. The van der Waals surface area contributed by atoms with Crippen LogP contribution in [0, 0.1) is 22.7 Å². The molecule has 8 heteroatoms. The number of carbonyl (C=O) groups excluding carboxylic acids is 3. The fourth-order valence-corrected chi connectivity index (χ4v) is 6.55. The minimum absolute atomic E-state index is 0.102. The number of nitrogens with zero attached hydrogens (tertiary/aromatic N) is 2. The van der Waals surface area contributed by atoms with Crippen LogP contribution in [0.2, 0.25) is 0 Å². The number of para-hydroxylation sites is 1. The van der Waals surface area contributed by atoms with Gasteiger partial charge in [0.25, 0.3) is 0 Å². The summed E-state index contributed by atoms with van der Waals surface area (Å²) < 4.78 is 0. The van der Waals surface area contributed by atoms with Gasteiger partial charge < -0.3 is 20.9 Å². The van der Waals surface area contributed by atoms with Crippen molar-refractivity contribution in [2.24, 2.45) is 11.3 Å². The van der Waals surface area contributed by atoms with Gasteiger partial charge in [0.05, 0.1) is 11.5 Å². The smallest absolute Gasteiger partial charge is 0.246 e. The molecule has 6 rings (SSSR count). The second-order valence-corrected chi connectivity index (χ2v) is 13.2. The van der Waals surface area contributed by atoms with Crippen LogP contribution in [0.25, 0.3) is 10.8 Å². The van der Waals surface area contributed by atoms with Crippen LogP contribution in [-0.4, -0.2) is 47.3 Å². The van der Waals surface area contributed by atoms with E-state index < -0.39 is 23.5 Å². The Morgan fingerprint density at radius 2 is 1.79 bits per heavy atom. The van der Waals surface area contributed by atoms with Gasteiger partial charge in [0, 0.05) is 24.3 Å². The maximum absolute atomic E-state index is 14.2. The van der Waals surface area contributed by atoms with E-state index >= 15 is 0 Å². The molecule has 3 aromatic rings. The Hall–Kier alpha value is -4.38. The van der Waals surface area contributed by atoms with Crippen LogP contribution < -0.4 is 16.0 Å². The topological polar surface area (TPSA) is 114 Å². The summed E-state index contributed by atoms with van der Waals surface area (Å²) in [5, 5.41) is 21.8. The van der Waals surface area contributed by atoms with Crippen molar-refractivity contribution in [2.45, 2.75) is 70.0 Å². The molecular weight excluding hydrogens is 526 g/mol. The molecule has 1 spiro atoms. The predicted octanol–water partition coefficient (Wildman–Crippen LogP) is 4.97. The summed E-state index contributed by atoms with van der Waals surface area (Å²) in [6.45, 7) is 6.18. The molecule has 3 N–H and O–H groups in total. The normalized spacial score (nSPS) is 22.8. The van der Waals surface area contributed by atoms with Crippen molar-refractivity contribution in [3.8, 4) is 6.07 Å². The summed E-state index contributed by atoms with van der Waals surface area (Å²) in [6, 6.07) is 21.8. The van der Waals surface area contributed by atoms with E-state index in [9.17, 15) is 19.6 Å². The highest BCUT2D eigenvalue weighted by Crippen LogP contribution is 2.46. The lowest BCUT2D eigenvalue weighted by atomic mass is 9.80. The number of benzene rings is 3. The van der Waals surface area contributed by atoms with Gasteiger partial charge in [0.15, 0.2) is 0 Å². The average Bonchev–Trinajstić information content (AvgIpc) is 3.67. The predicted molar refractivity (Wildman–Crippen MR) is 163 cm³/mol. The molecule has 0 aromatic heterocycles. The highest BCUT2D eigenvalue weighted by molar-refractivity contribution is 6.07.